The number of fused-ring (bicyclic) bond motifs is 15. The second-order valence-electron chi connectivity index (χ2n) is 34.3. The van der Waals surface area contributed by atoms with Crippen LogP contribution in [0.15, 0.2) is 474 Å². The minimum atomic E-state index is 0.813. The van der Waals surface area contributed by atoms with Gasteiger partial charge in [-0.25, -0.2) is 15.0 Å². The van der Waals surface area contributed by atoms with Crippen molar-refractivity contribution in [2.75, 3.05) is 0 Å². The number of hydrogen-bond donors (Lipinski definition) is 0. The molecule has 0 radical (unpaired) electrons. The van der Waals surface area contributed by atoms with E-state index in [1.807, 2.05) is 159 Å². The largest absolute Gasteiger partial charge is 0.256 e. The molecule has 15 aromatic carbocycles. The van der Waals surface area contributed by atoms with Crippen LogP contribution in [0.3, 0.4) is 0 Å². The highest BCUT2D eigenvalue weighted by Crippen LogP contribution is 2.52. The third-order valence-corrected chi connectivity index (χ3v) is 26.4. The Morgan fingerprint density at radius 2 is 0.370 bits per heavy atom. The van der Waals surface area contributed by atoms with Crippen molar-refractivity contribution in [3.63, 3.8) is 0 Å². The fraction of sp³-hybridized carbons (Fsp3) is 0. The maximum absolute atomic E-state index is 5.19. The first-order chi connectivity index (χ1) is 68.5. The fourth-order valence-corrected chi connectivity index (χ4v) is 20.2. The highest BCUT2D eigenvalue weighted by atomic mass is 14.8. The van der Waals surface area contributed by atoms with Gasteiger partial charge in [-0.2, -0.15) is 0 Å². The minimum Gasteiger partial charge on any atom is -0.256 e. The standard InChI is InChI=1S/C43H27N3.C42H26N4.C41H25N5/c1-2-11-28(12-3-1)29-19-21-30(22-20-29)40-32-14-4-6-16-34(32)41(35-17-7-5-15-33(35)40)37-27-39(38-18-8-9-25-44-38)46-43-36(37)24-23-31-13-10-26-45-42(31)43;1-2-11-27(12-3-1)36-22-20-29(26-45-36)39-30-14-4-6-16-32(30)40(33-17-7-5-15-31(33)39)35-25-38(37-18-8-9-23-43-37)46-42-34(35)21-19-28-13-10-24-44-41(28)42;1-3-13-30-28(11-1)38(27-18-20-36(45-25-27)34-15-5-7-21-42-34)29-12-2-4-14-31(29)39(30)33-24-37(35-16-6-8-22-43-35)46-41-32(33)19-17-26-10-9-23-44-40(26)41/h1-27H;1-26H;1-25H. The molecule has 0 saturated carbocycles. The van der Waals surface area contributed by atoms with Crippen LogP contribution in [0.2, 0.25) is 0 Å². The number of aromatic nitrogens is 12. The lowest BCUT2D eigenvalue weighted by molar-refractivity contribution is 1.25. The molecule has 0 unspecified atom stereocenters. The van der Waals surface area contributed by atoms with Gasteiger partial charge in [-0.1, -0.05) is 322 Å². The quantitative estimate of drug-likeness (QED) is 0.0844. The Morgan fingerprint density at radius 1 is 0.123 bits per heavy atom. The van der Waals surface area contributed by atoms with Gasteiger partial charge < -0.3 is 0 Å². The second-order valence-corrected chi connectivity index (χ2v) is 34.3. The second kappa shape index (κ2) is 35.1. The molecule has 0 fully saturated rings. The lowest BCUT2D eigenvalue weighted by Crippen LogP contribution is -1.96. The molecule has 0 bridgehead atoms. The summed E-state index contributed by atoms with van der Waals surface area (Å²) in [5.41, 5.74) is 30.2. The van der Waals surface area contributed by atoms with Crippen molar-refractivity contribution in [3.8, 4) is 135 Å². The lowest BCUT2D eigenvalue weighted by atomic mass is 9.84. The van der Waals surface area contributed by atoms with E-state index in [1.165, 1.54) is 82.0 Å². The lowest BCUT2D eigenvalue weighted by Gasteiger charge is -2.19. The predicted molar refractivity (Wildman–Crippen MR) is 568 cm³/mol. The van der Waals surface area contributed by atoms with E-state index in [0.29, 0.717) is 0 Å². The first kappa shape index (κ1) is 81.2. The molecular formula is C126H78N12. The van der Waals surface area contributed by atoms with Gasteiger partial charge in [0.1, 0.15) is 0 Å². The number of benzene rings is 15. The molecule has 138 heavy (non-hydrogen) atoms. The molecule has 0 aliphatic rings. The molecule has 0 amide bonds. The predicted octanol–water partition coefficient (Wildman–Crippen LogP) is 31.6. The van der Waals surface area contributed by atoms with Crippen LogP contribution >= 0.6 is 0 Å². The molecule has 12 heteroatoms. The summed E-state index contributed by atoms with van der Waals surface area (Å²) < 4.78 is 0. The molecule has 12 heterocycles. The smallest absolute Gasteiger partial charge is 0.0979 e. The van der Waals surface area contributed by atoms with E-state index < -0.39 is 0 Å². The molecule has 0 spiro atoms. The van der Waals surface area contributed by atoms with Crippen LogP contribution in [0.4, 0.5) is 0 Å². The molecule has 27 aromatic rings. The van der Waals surface area contributed by atoms with Gasteiger partial charge in [0.15, 0.2) is 0 Å². The summed E-state index contributed by atoms with van der Waals surface area (Å²) in [4.78, 5) is 58.3. The molecule has 12 nitrogen and oxygen atoms in total. The zero-order valence-electron chi connectivity index (χ0n) is 74.4. The minimum absolute atomic E-state index is 0.813. The Hall–Kier alpha value is -18.8. The third-order valence-electron chi connectivity index (χ3n) is 26.4. The van der Waals surface area contributed by atoms with Gasteiger partial charge in [0.05, 0.1) is 84.3 Å². The van der Waals surface area contributed by atoms with Crippen LogP contribution in [0.25, 0.3) is 265 Å². The van der Waals surface area contributed by atoms with Crippen molar-refractivity contribution < 1.29 is 0 Å². The van der Waals surface area contributed by atoms with Gasteiger partial charge in [-0.15, -0.1) is 0 Å². The van der Waals surface area contributed by atoms with E-state index in [-0.39, 0.29) is 0 Å². The van der Waals surface area contributed by atoms with Crippen molar-refractivity contribution in [1.82, 2.24) is 59.8 Å². The maximum atomic E-state index is 5.19. The van der Waals surface area contributed by atoms with Crippen LogP contribution in [-0.2, 0) is 0 Å². The van der Waals surface area contributed by atoms with Crippen molar-refractivity contribution >= 4 is 130 Å². The zero-order valence-corrected chi connectivity index (χ0v) is 74.4. The molecule has 642 valence electrons. The summed E-state index contributed by atoms with van der Waals surface area (Å²) in [7, 11) is 0. The van der Waals surface area contributed by atoms with Gasteiger partial charge in [0.25, 0.3) is 0 Å². The van der Waals surface area contributed by atoms with Crippen molar-refractivity contribution in [2.45, 2.75) is 0 Å². The van der Waals surface area contributed by atoms with Gasteiger partial charge in [0, 0.05) is 105 Å². The Kier molecular flexibility index (Phi) is 20.6. The van der Waals surface area contributed by atoms with Crippen LogP contribution < -0.4 is 0 Å². The van der Waals surface area contributed by atoms with Gasteiger partial charge in [0.2, 0.25) is 0 Å². The van der Waals surface area contributed by atoms with E-state index >= 15 is 0 Å². The van der Waals surface area contributed by atoms with Crippen LogP contribution in [-0.4, -0.2) is 59.8 Å². The summed E-state index contributed by atoms with van der Waals surface area (Å²) in [5.74, 6) is 0. The van der Waals surface area contributed by atoms with E-state index in [0.717, 1.165) is 183 Å². The van der Waals surface area contributed by atoms with Crippen LogP contribution in [0.5, 0.6) is 0 Å². The Bertz CT molecular complexity index is 8380. The van der Waals surface area contributed by atoms with E-state index in [1.54, 1.807) is 6.20 Å². The SMILES string of the molecule is c1ccc(-c2ccc(-c3c4ccccc4c(-c4cc(-c5ccccn5)nc5c4ccc4cccnc45)c4ccccc34)cc2)cc1.c1ccc(-c2ccc(-c3c4ccccc4c(-c4cc(-c5ccccn5)nc5c4ccc4cccnc45)c4ccccc34)cn2)cc1.c1ccc(-c2ccc(-c3c4ccccc4c(-c4cc(-c5ccccn5)nc5c4ccc4cccnc45)c4ccccc34)cn2)nc1. The summed E-state index contributed by atoms with van der Waals surface area (Å²) >= 11 is 0. The van der Waals surface area contributed by atoms with Gasteiger partial charge >= 0.3 is 0 Å². The highest BCUT2D eigenvalue weighted by Gasteiger charge is 2.27. The number of pyridine rings is 12. The molecular weight excluding hydrogens is 1680 g/mol. The summed E-state index contributed by atoms with van der Waals surface area (Å²) in [6.07, 6.45) is 16.8. The van der Waals surface area contributed by atoms with Crippen molar-refractivity contribution in [1.29, 1.82) is 0 Å². The monoisotopic (exact) mass is 1760 g/mol. The van der Waals surface area contributed by atoms with Gasteiger partial charge in [-0.05, 0) is 228 Å². The average molecular weight is 1760 g/mol. The van der Waals surface area contributed by atoms with E-state index in [2.05, 4.69) is 324 Å². The maximum Gasteiger partial charge on any atom is 0.0979 e. The first-order valence-electron chi connectivity index (χ1n) is 46.2. The van der Waals surface area contributed by atoms with E-state index in [4.69, 9.17) is 44.9 Å². The first-order valence-corrected chi connectivity index (χ1v) is 46.2. The highest BCUT2D eigenvalue weighted by molar-refractivity contribution is 6.28. The van der Waals surface area contributed by atoms with Crippen LogP contribution in [0.1, 0.15) is 0 Å². The zero-order chi connectivity index (χ0) is 91.4. The third kappa shape index (κ3) is 14.6. The Labute approximate surface area is 793 Å². The molecule has 0 atom stereocenters. The normalized spacial score (nSPS) is 11.5. The molecule has 0 aliphatic carbocycles. The average Bonchev–Trinajstić information content (AvgIpc) is 0.727. The summed E-state index contributed by atoms with van der Waals surface area (Å²) in [6, 6.07) is 146. The fourth-order valence-electron chi connectivity index (χ4n) is 20.2. The Morgan fingerprint density at radius 3 is 0.674 bits per heavy atom. The summed E-state index contributed by atoms with van der Waals surface area (Å²) in [5, 5.41) is 20.5. The van der Waals surface area contributed by atoms with Crippen molar-refractivity contribution in [2.24, 2.45) is 0 Å². The van der Waals surface area contributed by atoms with Crippen LogP contribution in [0, 0.1) is 0 Å². The number of rotatable bonds is 12. The molecule has 12 aromatic heterocycles. The van der Waals surface area contributed by atoms with Crippen molar-refractivity contribution in [3.05, 3.63) is 474 Å². The van der Waals surface area contributed by atoms with E-state index in [9.17, 15) is 0 Å². The molecule has 0 aliphatic heterocycles. The number of hydrogen-bond acceptors (Lipinski definition) is 12. The Balaban J connectivity index is 0.000000110. The molecule has 0 N–H and O–H groups in total. The summed E-state index contributed by atoms with van der Waals surface area (Å²) in [6.45, 7) is 0. The number of nitrogens with zero attached hydrogens (tertiary/aromatic N) is 12. The topological polar surface area (TPSA) is 155 Å². The molecule has 0 saturated heterocycles. The molecule has 27 rings (SSSR count). The van der Waals surface area contributed by atoms with Gasteiger partial charge in [-0.3, -0.25) is 44.9 Å².